The van der Waals surface area contributed by atoms with Crippen LogP contribution < -0.4 is 11.3 Å². The Morgan fingerprint density at radius 1 is 1.29 bits per heavy atom. The Morgan fingerprint density at radius 2 is 1.90 bits per heavy atom. The average Bonchev–Trinajstić information content (AvgIpc) is 2.48. The van der Waals surface area contributed by atoms with Gasteiger partial charge in [0.2, 0.25) is 0 Å². The summed E-state index contributed by atoms with van der Waals surface area (Å²) in [5.74, 6) is 4.52. The maximum atomic E-state index is 14.4. The monoisotopic (exact) mass is 299 g/mol. The lowest BCUT2D eigenvalue weighted by Gasteiger charge is -2.45. The van der Waals surface area contributed by atoms with Crippen molar-refractivity contribution in [1.29, 1.82) is 0 Å². The SMILES string of the molecule is Cc1ccc(F)c(C(NN)C(C)(C)N2CCOCC2)c1F. The van der Waals surface area contributed by atoms with Crippen molar-refractivity contribution in [2.45, 2.75) is 32.4 Å². The standard InChI is InChI=1S/C15H23F2N3O/c1-10-4-5-11(16)12(13(10)17)14(19-18)15(2,3)20-6-8-21-9-7-20/h4-5,14,19H,6-9,18H2,1-3H3. The smallest absolute Gasteiger partial charge is 0.133 e. The maximum Gasteiger partial charge on any atom is 0.133 e. The summed E-state index contributed by atoms with van der Waals surface area (Å²) in [6, 6.07) is 2.06. The van der Waals surface area contributed by atoms with Crippen LogP contribution >= 0.6 is 0 Å². The molecule has 1 aliphatic rings. The Balaban J connectivity index is 2.41. The molecule has 118 valence electrons. The molecule has 21 heavy (non-hydrogen) atoms. The molecule has 1 aromatic rings. The number of hydrogen-bond donors (Lipinski definition) is 2. The van der Waals surface area contributed by atoms with Gasteiger partial charge in [-0.1, -0.05) is 6.07 Å². The number of morpholine rings is 1. The molecule has 0 bridgehead atoms. The molecule has 1 heterocycles. The second kappa shape index (κ2) is 6.36. The van der Waals surface area contributed by atoms with Gasteiger partial charge in [0.25, 0.3) is 0 Å². The second-order valence-electron chi connectivity index (χ2n) is 5.94. The first-order valence-corrected chi connectivity index (χ1v) is 7.13. The highest BCUT2D eigenvalue weighted by Gasteiger charge is 2.39. The minimum atomic E-state index is -0.657. The molecule has 6 heteroatoms. The number of halogens is 2. The fraction of sp³-hybridized carbons (Fsp3) is 0.600. The Hall–Kier alpha value is -1.08. The van der Waals surface area contributed by atoms with Crippen molar-refractivity contribution in [3.63, 3.8) is 0 Å². The minimum absolute atomic E-state index is 0.00556. The Morgan fingerprint density at radius 3 is 2.48 bits per heavy atom. The fourth-order valence-corrected chi connectivity index (χ4v) is 2.91. The van der Waals surface area contributed by atoms with Gasteiger partial charge in [-0.2, -0.15) is 0 Å². The summed E-state index contributed by atoms with van der Waals surface area (Å²) in [6.45, 7) is 8.13. The molecular formula is C15H23F2N3O. The van der Waals surface area contributed by atoms with Crippen LogP contribution in [0, 0.1) is 18.6 Å². The molecule has 3 N–H and O–H groups in total. The lowest BCUT2D eigenvalue weighted by atomic mass is 9.85. The van der Waals surface area contributed by atoms with Crippen LogP contribution in [0.25, 0.3) is 0 Å². The average molecular weight is 299 g/mol. The van der Waals surface area contributed by atoms with Crippen molar-refractivity contribution in [2.75, 3.05) is 26.3 Å². The van der Waals surface area contributed by atoms with E-state index < -0.39 is 23.2 Å². The van der Waals surface area contributed by atoms with Crippen molar-refractivity contribution in [1.82, 2.24) is 10.3 Å². The number of nitrogens with zero attached hydrogens (tertiary/aromatic N) is 1. The third-order valence-electron chi connectivity index (χ3n) is 4.31. The molecule has 0 aromatic heterocycles. The van der Waals surface area contributed by atoms with E-state index >= 15 is 0 Å². The molecule has 1 fully saturated rings. The molecule has 1 unspecified atom stereocenters. The van der Waals surface area contributed by atoms with Crippen LogP contribution in [0.3, 0.4) is 0 Å². The number of nitrogens with one attached hydrogen (secondary N) is 1. The van der Waals surface area contributed by atoms with E-state index in [2.05, 4.69) is 10.3 Å². The highest BCUT2D eigenvalue weighted by atomic mass is 19.1. The number of rotatable bonds is 4. The van der Waals surface area contributed by atoms with Gasteiger partial charge in [0.15, 0.2) is 0 Å². The largest absolute Gasteiger partial charge is 0.379 e. The van der Waals surface area contributed by atoms with E-state index in [-0.39, 0.29) is 5.56 Å². The van der Waals surface area contributed by atoms with Gasteiger partial charge < -0.3 is 4.74 Å². The number of hydrogen-bond acceptors (Lipinski definition) is 4. The number of aryl methyl sites for hydroxylation is 1. The lowest BCUT2D eigenvalue weighted by Crippen LogP contribution is -2.57. The van der Waals surface area contributed by atoms with Crippen LogP contribution in [0.1, 0.15) is 31.0 Å². The Labute approximate surface area is 124 Å². The Kier molecular flexibility index (Phi) is 4.93. The quantitative estimate of drug-likeness (QED) is 0.658. The van der Waals surface area contributed by atoms with E-state index in [4.69, 9.17) is 10.6 Å². The van der Waals surface area contributed by atoms with E-state index in [9.17, 15) is 8.78 Å². The van der Waals surface area contributed by atoms with Crippen molar-refractivity contribution < 1.29 is 13.5 Å². The zero-order valence-corrected chi connectivity index (χ0v) is 12.7. The molecule has 1 aliphatic heterocycles. The predicted molar refractivity (Wildman–Crippen MR) is 77.6 cm³/mol. The zero-order chi connectivity index (χ0) is 15.6. The van der Waals surface area contributed by atoms with Crippen molar-refractivity contribution in [3.05, 3.63) is 34.9 Å². The number of ether oxygens (including phenoxy) is 1. The van der Waals surface area contributed by atoms with Crippen LogP contribution in [0.15, 0.2) is 12.1 Å². The zero-order valence-electron chi connectivity index (χ0n) is 12.7. The van der Waals surface area contributed by atoms with Crippen molar-refractivity contribution in [2.24, 2.45) is 5.84 Å². The number of benzene rings is 1. The van der Waals surface area contributed by atoms with Crippen LogP contribution in [0.2, 0.25) is 0 Å². The summed E-state index contributed by atoms with van der Waals surface area (Å²) in [4.78, 5) is 2.14. The highest BCUT2D eigenvalue weighted by molar-refractivity contribution is 5.31. The maximum absolute atomic E-state index is 14.4. The summed E-state index contributed by atoms with van der Waals surface area (Å²) < 4.78 is 33.9. The first-order chi connectivity index (χ1) is 9.89. The van der Waals surface area contributed by atoms with Gasteiger partial charge in [-0.15, -0.1) is 0 Å². The Bertz CT molecular complexity index is 502. The van der Waals surface area contributed by atoms with Gasteiger partial charge in [0.1, 0.15) is 11.6 Å². The predicted octanol–water partition coefficient (Wildman–Crippen LogP) is 1.89. The van der Waals surface area contributed by atoms with Gasteiger partial charge in [0, 0.05) is 24.2 Å². The van der Waals surface area contributed by atoms with Gasteiger partial charge in [-0.25, -0.2) is 8.78 Å². The third-order valence-corrected chi connectivity index (χ3v) is 4.31. The summed E-state index contributed by atoms with van der Waals surface area (Å²) in [6.07, 6.45) is 0. The van der Waals surface area contributed by atoms with Crippen molar-refractivity contribution in [3.8, 4) is 0 Å². The molecule has 1 aromatic carbocycles. The second-order valence-corrected chi connectivity index (χ2v) is 5.94. The van der Waals surface area contributed by atoms with Gasteiger partial charge >= 0.3 is 0 Å². The van der Waals surface area contributed by atoms with E-state index in [1.807, 2.05) is 13.8 Å². The molecule has 0 amide bonds. The molecule has 4 nitrogen and oxygen atoms in total. The minimum Gasteiger partial charge on any atom is -0.379 e. The lowest BCUT2D eigenvalue weighted by molar-refractivity contribution is -0.0247. The summed E-state index contributed by atoms with van der Waals surface area (Å²) >= 11 is 0. The normalized spacial score (nSPS) is 18.8. The van der Waals surface area contributed by atoms with Crippen LogP contribution in [0.4, 0.5) is 8.78 Å². The van der Waals surface area contributed by atoms with E-state index in [0.29, 0.717) is 31.9 Å². The summed E-state index contributed by atoms with van der Waals surface area (Å²) in [5, 5.41) is 0. The van der Waals surface area contributed by atoms with Crippen LogP contribution in [-0.2, 0) is 4.74 Å². The number of nitrogens with two attached hydrogens (primary N) is 1. The first-order valence-electron chi connectivity index (χ1n) is 7.13. The van der Waals surface area contributed by atoms with Crippen LogP contribution in [0.5, 0.6) is 0 Å². The van der Waals surface area contributed by atoms with Crippen LogP contribution in [-0.4, -0.2) is 36.7 Å². The first kappa shape index (κ1) is 16.3. The summed E-state index contributed by atoms with van der Waals surface area (Å²) in [7, 11) is 0. The fourth-order valence-electron chi connectivity index (χ4n) is 2.91. The third kappa shape index (κ3) is 3.08. The van der Waals surface area contributed by atoms with Gasteiger partial charge in [-0.3, -0.25) is 16.2 Å². The molecule has 0 radical (unpaired) electrons. The number of hydrazine groups is 1. The van der Waals surface area contributed by atoms with E-state index in [0.717, 1.165) is 0 Å². The van der Waals surface area contributed by atoms with Gasteiger partial charge in [0.05, 0.1) is 19.3 Å². The molecule has 0 saturated carbocycles. The van der Waals surface area contributed by atoms with E-state index in [1.165, 1.54) is 12.1 Å². The molecule has 0 spiro atoms. The molecule has 1 atom stereocenters. The summed E-state index contributed by atoms with van der Waals surface area (Å²) in [5.41, 5.74) is 2.46. The van der Waals surface area contributed by atoms with E-state index in [1.54, 1.807) is 6.92 Å². The van der Waals surface area contributed by atoms with Gasteiger partial charge in [-0.05, 0) is 32.4 Å². The molecule has 0 aliphatic carbocycles. The topological polar surface area (TPSA) is 50.5 Å². The molecule has 2 rings (SSSR count). The van der Waals surface area contributed by atoms with Crippen molar-refractivity contribution >= 4 is 0 Å². The highest BCUT2D eigenvalue weighted by Crippen LogP contribution is 2.34. The molecular weight excluding hydrogens is 276 g/mol. The molecule has 1 saturated heterocycles.